The number of likely N-dealkylation sites (N-methyl/N-ethyl adjacent to an activating group) is 1. The van der Waals surface area contributed by atoms with Gasteiger partial charge >= 0.3 is 0 Å². The van der Waals surface area contributed by atoms with Gasteiger partial charge in [-0.1, -0.05) is 0 Å². The van der Waals surface area contributed by atoms with Crippen LogP contribution in [0.25, 0.3) is 0 Å². The fourth-order valence-corrected chi connectivity index (χ4v) is 0.826. The van der Waals surface area contributed by atoms with Crippen molar-refractivity contribution in [3.63, 3.8) is 0 Å². The molecule has 1 atom stereocenters. The molecule has 10 heavy (non-hydrogen) atoms. The van der Waals surface area contributed by atoms with E-state index in [1.165, 1.54) is 0 Å². The highest BCUT2D eigenvalue weighted by Gasteiger charge is 2.02. The third-order valence-electron chi connectivity index (χ3n) is 1.08. The van der Waals surface area contributed by atoms with E-state index in [-0.39, 0.29) is 6.04 Å². The summed E-state index contributed by atoms with van der Waals surface area (Å²) in [5.74, 6) is 0. The zero-order valence-electron chi connectivity index (χ0n) is 6.09. The lowest BCUT2D eigenvalue weighted by Gasteiger charge is -2.08. The molecule has 0 radical (unpaired) electrons. The van der Waals surface area contributed by atoms with Gasteiger partial charge in [0.2, 0.25) is 0 Å². The topological polar surface area (TPSA) is 84.2 Å². The van der Waals surface area contributed by atoms with Crippen molar-refractivity contribution < 1.29 is 8.42 Å². The fourth-order valence-electron chi connectivity index (χ4n) is 0.343. The molecule has 5 nitrogen and oxygen atoms in total. The van der Waals surface area contributed by atoms with Crippen LogP contribution in [0.15, 0.2) is 0 Å². The van der Waals surface area contributed by atoms with Gasteiger partial charge in [0.15, 0.2) is 0 Å². The Morgan fingerprint density at radius 1 is 1.60 bits per heavy atom. The molecule has 0 fully saturated rings. The largest absolute Gasteiger partial charge is 0.316 e. The molecule has 0 aromatic heterocycles. The Bertz CT molecular complexity index is 177. The summed E-state index contributed by atoms with van der Waals surface area (Å²) >= 11 is 0. The van der Waals surface area contributed by atoms with Crippen molar-refractivity contribution in [3.8, 4) is 0 Å². The van der Waals surface area contributed by atoms with Gasteiger partial charge in [0, 0.05) is 12.6 Å². The Hall–Kier alpha value is -0.170. The smallest absolute Gasteiger partial charge is 0.274 e. The number of hydrogen-bond acceptors (Lipinski definition) is 3. The second kappa shape index (κ2) is 3.87. The molecule has 0 aromatic rings. The van der Waals surface area contributed by atoms with E-state index in [2.05, 4.69) is 15.2 Å². The monoisotopic (exact) mass is 167 g/mol. The third-order valence-corrected chi connectivity index (χ3v) is 1.65. The summed E-state index contributed by atoms with van der Waals surface area (Å²) in [5.41, 5.74) is 0. The molecule has 0 aliphatic rings. The van der Waals surface area contributed by atoms with Crippen LogP contribution in [-0.2, 0) is 10.2 Å². The highest BCUT2D eigenvalue weighted by molar-refractivity contribution is 7.87. The minimum Gasteiger partial charge on any atom is -0.316 e. The highest BCUT2D eigenvalue weighted by Crippen LogP contribution is 1.76. The van der Waals surface area contributed by atoms with Crippen LogP contribution < -0.4 is 15.2 Å². The minimum atomic E-state index is -3.52. The van der Waals surface area contributed by atoms with Gasteiger partial charge in [0.05, 0.1) is 0 Å². The minimum absolute atomic E-state index is 0.0957. The lowest BCUT2D eigenvalue weighted by atomic mass is 10.4. The van der Waals surface area contributed by atoms with Crippen LogP contribution in [0.1, 0.15) is 6.92 Å². The Kier molecular flexibility index (Phi) is 3.80. The van der Waals surface area contributed by atoms with Crippen molar-refractivity contribution in [1.29, 1.82) is 0 Å². The maximum Gasteiger partial charge on any atom is 0.274 e. The molecule has 4 N–H and O–H groups in total. The van der Waals surface area contributed by atoms with Crippen molar-refractivity contribution >= 4 is 10.2 Å². The number of nitrogens with two attached hydrogens (primary N) is 1. The van der Waals surface area contributed by atoms with Crippen molar-refractivity contribution in [2.45, 2.75) is 13.0 Å². The normalized spacial score (nSPS) is 15.1. The SMILES string of the molecule is CNC(C)CNS(N)(=O)=O. The summed E-state index contributed by atoms with van der Waals surface area (Å²) in [6.45, 7) is 2.16. The van der Waals surface area contributed by atoms with Crippen molar-refractivity contribution in [2.75, 3.05) is 13.6 Å². The average molecular weight is 167 g/mol. The predicted octanol–water partition coefficient (Wildman–Crippen LogP) is -1.61. The summed E-state index contributed by atoms with van der Waals surface area (Å²) < 4.78 is 22.7. The standard InChI is InChI=1S/C4H13N3O2S/c1-4(6-2)3-7-10(5,8)9/h4,6-7H,3H2,1-2H3,(H2,5,8,9). The summed E-state index contributed by atoms with van der Waals surface area (Å²) in [7, 11) is -1.77. The lowest BCUT2D eigenvalue weighted by Crippen LogP contribution is -2.40. The van der Waals surface area contributed by atoms with E-state index in [1.54, 1.807) is 7.05 Å². The molecule has 6 heteroatoms. The van der Waals surface area contributed by atoms with E-state index >= 15 is 0 Å². The first-order valence-electron chi connectivity index (χ1n) is 2.90. The van der Waals surface area contributed by atoms with Crippen LogP contribution in [0.3, 0.4) is 0 Å². The lowest BCUT2D eigenvalue weighted by molar-refractivity contribution is 0.555. The van der Waals surface area contributed by atoms with E-state index in [4.69, 9.17) is 0 Å². The van der Waals surface area contributed by atoms with Crippen LogP contribution in [0.2, 0.25) is 0 Å². The van der Waals surface area contributed by atoms with Crippen molar-refractivity contribution in [3.05, 3.63) is 0 Å². The summed E-state index contributed by atoms with van der Waals surface area (Å²) in [6.07, 6.45) is 0. The zero-order valence-corrected chi connectivity index (χ0v) is 6.90. The molecule has 0 rings (SSSR count). The highest BCUT2D eigenvalue weighted by atomic mass is 32.2. The number of hydrogen-bond donors (Lipinski definition) is 3. The van der Waals surface area contributed by atoms with Gasteiger partial charge in [-0.3, -0.25) is 0 Å². The molecule has 0 amide bonds. The van der Waals surface area contributed by atoms with E-state index in [0.29, 0.717) is 6.54 Å². The molecular weight excluding hydrogens is 154 g/mol. The van der Waals surface area contributed by atoms with Gasteiger partial charge in [0.1, 0.15) is 0 Å². The van der Waals surface area contributed by atoms with Crippen LogP contribution in [0.5, 0.6) is 0 Å². The first-order chi connectivity index (χ1) is 4.45. The number of rotatable bonds is 4. The molecule has 62 valence electrons. The molecular formula is C4H13N3O2S. The molecule has 0 heterocycles. The predicted molar refractivity (Wildman–Crippen MR) is 39.6 cm³/mol. The van der Waals surface area contributed by atoms with E-state index in [9.17, 15) is 8.42 Å². The van der Waals surface area contributed by atoms with Crippen LogP contribution >= 0.6 is 0 Å². The van der Waals surface area contributed by atoms with Gasteiger partial charge in [0.25, 0.3) is 10.2 Å². The Labute approximate surface area is 61.2 Å². The van der Waals surface area contributed by atoms with Crippen LogP contribution in [0, 0.1) is 0 Å². The Morgan fingerprint density at radius 3 is 2.40 bits per heavy atom. The fraction of sp³-hybridized carbons (Fsp3) is 1.00. The molecule has 0 aliphatic heterocycles. The van der Waals surface area contributed by atoms with Gasteiger partial charge in [-0.15, -0.1) is 0 Å². The molecule has 0 saturated heterocycles. The van der Waals surface area contributed by atoms with E-state index < -0.39 is 10.2 Å². The quantitative estimate of drug-likeness (QED) is 0.471. The summed E-state index contributed by atoms with van der Waals surface area (Å²) in [5, 5.41) is 7.53. The average Bonchev–Trinajstić information content (AvgIpc) is 1.81. The second-order valence-electron chi connectivity index (χ2n) is 2.08. The number of nitrogens with one attached hydrogen (secondary N) is 2. The maximum absolute atomic E-state index is 10.3. The zero-order chi connectivity index (χ0) is 8.20. The van der Waals surface area contributed by atoms with Gasteiger partial charge in [-0.2, -0.15) is 8.42 Å². The molecule has 0 spiro atoms. The van der Waals surface area contributed by atoms with Crippen molar-refractivity contribution in [2.24, 2.45) is 5.14 Å². The Morgan fingerprint density at radius 2 is 2.10 bits per heavy atom. The van der Waals surface area contributed by atoms with E-state index in [0.717, 1.165) is 0 Å². The van der Waals surface area contributed by atoms with Gasteiger partial charge in [-0.25, -0.2) is 9.86 Å². The van der Waals surface area contributed by atoms with Crippen molar-refractivity contribution in [1.82, 2.24) is 10.0 Å². The van der Waals surface area contributed by atoms with Gasteiger partial charge in [-0.05, 0) is 14.0 Å². The van der Waals surface area contributed by atoms with Gasteiger partial charge < -0.3 is 5.32 Å². The summed E-state index contributed by atoms with van der Waals surface area (Å²) in [4.78, 5) is 0. The second-order valence-corrected chi connectivity index (χ2v) is 3.46. The van der Waals surface area contributed by atoms with Crippen LogP contribution in [0.4, 0.5) is 0 Å². The molecule has 1 unspecified atom stereocenters. The summed E-state index contributed by atoms with van der Waals surface area (Å²) in [6, 6.07) is 0.0957. The molecule has 0 saturated carbocycles. The first-order valence-corrected chi connectivity index (χ1v) is 4.45. The first kappa shape index (κ1) is 9.83. The third kappa shape index (κ3) is 5.96. The molecule has 0 aliphatic carbocycles. The Balaban J connectivity index is 3.56. The molecule has 0 bridgehead atoms. The maximum atomic E-state index is 10.3. The van der Waals surface area contributed by atoms with E-state index in [1.807, 2.05) is 6.92 Å². The van der Waals surface area contributed by atoms with Crippen LogP contribution in [-0.4, -0.2) is 28.1 Å². The molecule has 0 aromatic carbocycles.